The maximum atomic E-state index is 9.94. The molecule has 4 nitrogen and oxygen atoms in total. The van der Waals surface area contributed by atoms with Gasteiger partial charge >= 0.3 is 0 Å². The van der Waals surface area contributed by atoms with Crippen LogP contribution >= 0.6 is 11.8 Å². The molecule has 0 saturated heterocycles. The van der Waals surface area contributed by atoms with Crippen LogP contribution in [0.3, 0.4) is 0 Å². The molecule has 1 fully saturated rings. The molecule has 1 aromatic heterocycles. The van der Waals surface area contributed by atoms with Gasteiger partial charge in [-0.05, 0) is 25.3 Å². The predicted octanol–water partition coefficient (Wildman–Crippen LogP) is 6.36. The van der Waals surface area contributed by atoms with E-state index in [2.05, 4.69) is 42.6 Å². The minimum absolute atomic E-state index is 0.374. The second-order valence-corrected chi connectivity index (χ2v) is 8.75. The molecule has 2 aromatic carbocycles. The van der Waals surface area contributed by atoms with Crippen molar-refractivity contribution in [2.24, 2.45) is 0 Å². The van der Waals surface area contributed by atoms with E-state index in [-0.39, 0.29) is 0 Å². The molecule has 0 radical (unpaired) electrons. The molecule has 1 aliphatic carbocycles. The van der Waals surface area contributed by atoms with Gasteiger partial charge in [-0.2, -0.15) is 5.26 Å². The van der Waals surface area contributed by atoms with Crippen LogP contribution in [-0.2, 0) is 5.75 Å². The van der Waals surface area contributed by atoms with Gasteiger partial charge in [0.15, 0.2) is 5.16 Å². The van der Waals surface area contributed by atoms with Crippen LogP contribution in [0, 0.1) is 18.3 Å². The zero-order valence-corrected chi connectivity index (χ0v) is 18.1. The summed E-state index contributed by atoms with van der Waals surface area (Å²) in [4.78, 5) is 9.56. The Bertz CT molecular complexity index is 1020. The van der Waals surface area contributed by atoms with Crippen molar-refractivity contribution >= 4 is 17.6 Å². The fraction of sp³-hybridized carbons (Fsp3) is 0.320. The van der Waals surface area contributed by atoms with Gasteiger partial charge < -0.3 is 5.32 Å². The Kier molecular flexibility index (Phi) is 6.66. The predicted molar refractivity (Wildman–Crippen MR) is 123 cm³/mol. The van der Waals surface area contributed by atoms with Crippen LogP contribution < -0.4 is 5.32 Å². The highest BCUT2D eigenvalue weighted by atomic mass is 32.2. The SMILES string of the molecule is Cc1ccc(CSc2nc(NC3CCCCC3)c(C#N)c(-c3ccccc3)n2)cc1. The van der Waals surface area contributed by atoms with Crippen LogP contribution in [0.25, 0.3) is 11.3 Å². The van der Waals surface area contributed by atoms with Gasteiger partial charge in [-0.1, -0.05) is 91.2 Å². The molecule has 1 aliphatic rings. The van der Waals surface area contributed by atoms with E-state index in [4.69, 9.17) is 9.97 Å². The second-order valence-electron chi connectivity index (χ2n) is 7.81. The zero-order valence-electron chi connectivity index (χ0n) is 17.3. The second kappa shape index (κ2) is 9.77. The first-order valence-corrected chi connectivity index (χ1v) is 11.5. The number of anilines is 1. The third kappa shape index (κ3) is 5.01. The van der Waals surface area contributed by atoms with E-state index >= 15 is 0 Å². The lowest BCUT2D eigenvalue weighted by Crippen LogP contribution is -2.24. The summed E-state index contributed by atoms with van der Waals surface area (Å²) in [5, 5.41) is 14.2. The molecule has 0 unspecified atom stereocenters. The Morgan fingerprint density at radius 3 is 2.43 bits per heavy atom. The number of rotatable bonds is 6. The quantitative estimate of drug-likeness (QED) is 0.375. The number of nitriles is 1. The standard InChI is InChI=1S/C25H26N4S/c1-18-12-14-19(15-13-18)17-30-25-28-23(20-8-4-2-5-9-20)22(16-26)24(29-25)27-21-10-6-3-7-11-21/h2,4-5,8-9,12-15,21H,3,6-7,10-11,17H2,1H3,(H,27,28,29). The maximum absolute atomic E-state index is 9.94. The lowest BCUT2D eigenvalue weighted by atomic mass is 9.95. The Morgan fingerprint density at radius 1 is 1.00 bits per heavy atom. The number of aromatic nitrogens is 2. The van der Waals surface area contributed by atoms with E-state index in [0.717, 1.165) is 24.2 Å². The molecule has 1 N–H and O–H groups in total. The molecular weight excluding hydrogens is 388 g/mol. The smallest absolute Gasteiger partial charge is 0.190 e. The van der Waals surface area contributed by atoms with Gasteiger partial charge in [0, 0.05) is 17.4 Å². The van der Waals surface area contributed by atoms with E-state index < -0.39 is 0 Å². The van der Waals surface area contributed by atoms with Gasteiger partial charge in [-0.25, -0.2) is 9.97 Å². The summed E-state index contributed by atoms with van der Waals surface area (Å²) in [7, 11) is 0. The van der Waals surface area contributed by atoms with Crippen molar-refractivity contribution in [2.45, 2.75) is 56.0 Å². The average molecular weight is 415 g/mol. The molecular formula is C25H26N4S. The molecule has 1 saturated carbocycles. The first-order chi connectivity index (χ1) is 14.7. The Morgan fingerprint density at radius 2 is 1.73 bits per heavy atom. The summed E-state index contributed by atoms with van der Waals surface area (Å²) >= 11 is 1.61. The minimum Gasteiger partial charge on any atom is -0.366 e. The van der Waals surface area contributed by atoms with Crippen LogP contribution in [0.5, 0.6) is 0 Å². The van der Waals surface area contributed by atoms with Crippen molar-refractivity contribution in [3.8, 4) is 17.3 Å². The minimum atomic E-state index is 0.374. The van der Waals surface area contributed by atoms with E-state index in [9.17, 15) is 5.26 Å². The van der Waals surface area contributed by atoms with Gasteiger partial charge in [0.25, 0.3) is 0 Å². The highest BCUT2D eigenvalue weighted by Gasteiger charge is 2.20. The van der Waals surface area contributed by atoms with Crippen LogP contribution in [0.1, 0.15) is 48.8 Å². The fourth-order valence-corrected chi connectivity index (χ4v) is 4.59. The lowest BCUT2D eigenvalue weighted by molar-refractivity contribution is 0.461. The van der Waals surface area contributed by atoms with Crippen LogP contribution in [0.4, 0.5) is 5.82 Å². The Balaban J connectivity index is 1.67. The van der Waals surface area contributed by atoms with Crippen molar-refractivity contribution < 1.29 is 0 Å². The molecule has 5 heteroatoms. The summed E-state index contributed by atoms with van der Waals surface area (Å²) < 4.78 is 0. The van der Waals surface area contributed by atoms with Gasteiger partial charge in [0.1, 0.15) is 17.5 Å². The molecule has 0 amide bonds. The molecule has 0 aliphatic heterocycles. The number of nitrogens with zero attached hydrogens (tertiary/aromatic N) is 3. The molecule has 0 bridgehead atoms. The van der Waals surface area contributed by atoms with E-state index in [0.29, 0.717) is 28.3 Å². The Hall–Kier alpha value is -2.84. The number of aryl methyl sites for hydroxylation is 1. The van der Waals surface area contributed by atoms with Crippen molar-refractivity contribution in [3.05, 3.63) is 71.3 Å². The van der Waals surface area contributed by atoms with E-state index in [1.54, 1.807) is 11.8 Å². The van der Waals surface area contributed by atoms with Gasteiger partial charge in [-0.3, -0.25) is 0 Å². The largest absolute Gasteiger partial charge is 0.366 e. The third-order valence-electron chi connectivity index (χ3n) is 5.48. The average Bonchev–Trinajstić information content (AvgIpc) is 2.79. The summed E-state index contributed by atoms with van der Waals surface area (Å²) in [6.45, 7) is 2.09. The lowest BCUT2D eigenvalue weighted by Gasteiger charge is -2.24. The summed E-state index contributed by atoms with van der Waals surface area (Å²) in [5.41, 5.74) is 4.68. The first-order valence-electron chi connectivity index (χ1n) is 10.6. The number of benzene rings is 2. The number of hydrogen-bond acceptors (Lipinski definition) is 5. The van der Waals surface area contributed by atoms with E-state index in [1.807, 2.05) is 30.3 Å². The van der Waals surface area contributed by atoms with Crippen molar-refractivity contribution in [2.75, 3.05) is 5.32 Å². The highest BCUT2D eigenvalue weighted by molar-refractivity contribution is 7.98. The van der Waals surface area contributed by atoms with Crippen LogP contribution in [-0.4, -0.2) is 16.0 Å². The first kappa shape index (κ1) is 20.4. The van der Waals surface area contributed by atoms with Crippen molar-refractivity contribution in [3.63, 3.8) is 0 Å². The maximum Gasteiger partial charge on any atom is 0.190 e. The summed E-state index contributed by atoms with van der Waals surface area (Å²) in [6.07, 6.45) is 6.00. The zero-order chi connectivity index (χ0) is 20.8. The number of thioether (sulfide) groups is 1. The normalized spacial score (nSPS) is 14.3. The van der Waals surface area contributed by atoms with Crippen LogP contribution in [0.15, 0.2) is 59.8 Å². The molecule has 30 heavy (non-hydrogen) atoms. The summed E-state index contributed by atoms with van der Waals surface area (Å²) in [6, 6.07) is 21.2. The van der Waals surface area contributed by atoms with Gasteiger partial charge in [0.2, 0.25) is 0 Å². The fourth-order valence-electron chi connectivity index (χ4n) is 3.79. The molecule has 0 atom stereocenters. The molecule has 1 heterocycles. The molecule has 3 aromatic rings. The molecule has 4 rings (SSSR count). The monoisotopic (exact) mass is 414 g/mol. The van der Waals surface area contributed by atoms with Crippen molar-refractivity contribution in [1.29, 1.82) is 5.26 Å². The topological polar surface area (TPSA) is 61.6 Å². The number of hydrogen-bond donors (Lipinski definition) is 1. The molecule has 152 valence electrons. The van der Waals surface area contributed by atoms with Crippen LogP contribution in [0.2, 0.25) is 0 Å². The van der Waals surface area contributed by atoms with Gasteiger partial charge in [-0.15, -0.1) is 0 Å². The van der Waals surface area contributed by atoms with E-state index in [1.165, 1.54) is 30.4 Å². The highest BCUT2D eigenvalue weighted by Crippen LogP contribution is 2.31. The summed E-state index contributed by atoms with van der Waals surface area (Å²) in [5.74, 6) is 1.47. The number of nitrogens with one attached hydrogen (secondary N) is 1. The third-order valence-corrected chi connectivity index (χ3v) is 6.40. The van der Waals surface area contributed by atoms with Gasteiger partial charge in [0.05, 0.1) is 5.69 Å². The van der Waals surface area contributed by atoms with Crippen molar-refractivity contribution in [1.82, 2.24) is 9.97 Å². The Labute approximate surface area is 182 Å². The molecule has 0 spiro atoms.